The number of hydrogen-bond donors (Lipinski definition) is 0. The molecule has 0 amide bonds. The molecule has 4 heterocycles. The minimum absolute atomic E-state index is 0.510. The summed E-state index contributed by atoms with van der Waals surface area (Å²) in [4.78, 5) is 10.3. The van der Waals surface area contributed by atoms with Crippen molar-refractivity contribution < 1.29 is 4.42 Å². The van der Waals surface area contributed by atoms with Gasteiger partial charge in [0, 0.05) is 49.0 Å². The average molecular weight is 754 g/mol. The fourth-order valence-corrected chi connectivity index (χ4v) is 9.01. The lowest BCUT2D eigenvalue weighted by molar-refractivity contribution is 0.667. The molecular formula is C53H31N5O. The van der Waals surface area contributed by atoms with Crippen LogP contribution in [0.5, 0.6) is 0 Å². The minimum atomic E-state index is 0.510. The second-order valence-corrected chi connectivity index (χ2v) is 14.8. The zero-order valence-electron chi connectivity index (χ0n) is 31.5. The molecule has 0 radical (unpaired) electrons. The van der Waals surface area contributed by atoms with Crippen LogP contribution in [0.25, 0.3) is 111 Å². The van der Waals surface area contributed by atoms with Gasteiger partial charge >= 0.3 is 0 Å². The molecule has 0 atom stereocenters. The van der Waals surface area contributed by atoms with Crippen LogP contribution in [0, 0.1) is 11.3 Å². The highest BCUT2D eigenvalue weighted by atomic mass is 16.3. The zero-order chi connectivity index (χ0) is 39.0. The number of fused-ring (bicyclic) bond motifs is 9. The number of furan rings is 1. The molecule has 6 heteroatoms. The number of hydrogen-bond acceptors (Lipinski definition) is 4. The summed E-state index contributed by atoms with van der Waals surface area (Å²) >= 11 is 0. The van der Waals surface area contributed by atoms with Gasteiger partial charge in [0.2, 0.25) is 0 Å². The van der Waals surface area contributed by atoms with Gasteiger partial charge in [0.15, 0.2) is 11.4 Å². The molecule has 0 saturated heterocycles. The van der Waals surface area contributed by atoms with Crippen molar-refractivity contribution in [2.24, 2.45) is 0 Å². The van der Waals surface area contributed by atoms with Crippen LogP contribution in [0.2, 0.25) is 0 Å². The molecule has 0 saturated carbocycles. The molecule has 0 spiro atoms. The van der Waals surface area contributed by atoms with Gasteiger partial charge in [-0.05, 0) is 42.5 Å². The Labute approximate surface area is 338 Å². The Balaban J connectivity index is 1.23. The highest BCUT2D eigenvalue weighted by molar-refractivity contribution is 6.17. The summed E-state index contributed by atoms with van der Waals surface area (Å²) in [5.41, 5.74) is 11.6. The predicted molar refractivity (Wildman–Crippen MR) is 239 cm³/mol. The fourth-order valence-electron chi connectivity index (χ4n) is 9.01. The molecule has 0 fully saturated rings. The Morgan fingerprint density at radius 1 is 0.424 bits per heavy atom. The van der Waals surface area contributed by atoms with E-state index in [1.165, 1.54) is 0 Å². The molecule has 8 aromatic carbocycles. The minimum Gasteiger partial charge on any atom is -0.453 e. The van der Waals surface area contributed by atoms with Crippen LogP contribution in [0.4, 0.5) is 0 Å². The van der Waals surface area contributed by atoms with Crippen LogP contribution in [0.15, 0.2) is 192 Å². The molecule has 0 unspecified atom stereocenters. The van der Waals surface area contributed by atoms with Crippen molar-refractivity contribution in [2.45, 2.75) is 0 Å². The van der Waals surface area contributed by atoms with Crippen molar-refractivity contribution in [3.05, 3.63) is 194 Å². The Morgan fingerprint density at radius 2 is 0.915 bits per heavy atom. The van der Waals surface area contributed by atoms with E-state index in [9.17, 15) is 5.26 Å². The Bertz CT molecular complexity index is 3520. The average Bonchev–Trinajstić information content (AvgIpc) is 3.96. The smallest absolute Gasteiger partial charge is 0.160 e. The second kappa shape index (κ2) is 12.9. The molecule has 0 aliphatic carbocycles. The third kappa shape index (κ3) is 4.92. The molecule has 0 aliphatic rings. The number of benzene rings is 8. The predicted octanol–water partition coefficient (Wildman–Crippen LogP) is 13.4. The summed E-state index contributed by atoms with van der Waals surface area (Å²) in [6.07, 6.45) is 0. The van der Waals surface area contributed by atoms with Crippen LogP contribution < -0.4 is 0 Å². The van der Waals surface area contributed by atoms with Crippen LogP contribution in [-0.2, 0) is 0 Å². The van der Waals surface area contributed by atoms with Gasteiger partial charge in [-0.2, -0.15) is 5.26 Å². The molecule has 0 aliphatic heterocycles. The quantitative estimate of drug-likeness (QED) is 0.175. The third-order valence-corrected chi connectivity index (χ3v) is 11.6. The summed E-state index contributed by atoms with van der Waals surface area (Å²) < 4.78 is 11.7. The third-order valence-electron chi connectivity index (χ3n) is 11.6. The summed E-state index contributed by atoms with van der Waals surface area (Å²) in [5.74, 6) is 0.626. The maximum atomic E-state index is 11.5. The molecule has 12 rings (SSSR count). The van der Waals surface area contributed by atoms with E-state index in [0.717, 1.165) is 88.1 Å². The van der Waals surface area contributed by atoms with Crippen molar-refractivity contribution in [1.29, 1.82) is 5.26 Å². The number of nitriles is 1. The summed E-state index contributed by atoms with van der Waals surface area (Å²) in [6.45, 7) is 0. The summed E-state index contributed by atoms with van der Waals surface area (Å²) in [5, 5.41) is 17.8. The Morgan fingerprint density at radius 3 is 1.49 bits per heavy atom. The van der Waals surface area contributed by atoms with Crippen molar-refractivity contribution in [3.63, 3.8) is 0 Å². The zero-order valence-corrected chi connectivity index (χ0v) is 31.5. The largest absolute Gasteiger partial charge is 0.453 e. The maximum absolute atomic E-state index is 11.5. The fraction of sp³-hybridized carbons (Fsp3) is 0. The molecule has 59 heavy (non-hydrogen) atoms. The van der Waals surface area contributed by atoms with Crippen molar-refractivity contribution >= 4 is 65.6 Å². The first kappa shape index (κ1) is 32.9. The van der Waals surface area contributed by atoms with Gasteiger partial charge in [0.1, 0.15) is 22.9 Å². The normalized spacial score (nSPS) is 11.7. The first-order valence-corrected chi connectivity index (χ1v) is 19.6. The lowest BCUT2D eigenvalue weighted by Crippen LogP contribution is -2.05. The van der Waals surface area contributed by atoms with Gasteiger partial charge in [0.05, 0.1) is 39.1 Å². The van der Waals surface area contributed by atoms with E-state index in [1.54, 1.807) is 0 Å². The second-order valence-electron chi connectivity index (χ2n) is 14.8. The van der Waals surface area contributed by atoms with Gasteiger partial charge < -0.3 is 13.6 Å². The van der Waals surface area contributed by atoms with Crippen molar-refractivity contribution in [1.82, 2.24) is 19.1 Å². The maximum Gasteiger partial charge on any atom is 0.160 e. The van der Waals surface area contributed by atoms with Gasteiger partial charge in [-0.1, -0.05) is 146 Å². The molecule has 12 aromatic rings. The number of para-hydroxylation sites is 5. The topological polar surface area (TPSA) is 72.6 Å². The highest BCUT2D eigenvalue weighted by Crippen LogP contribution is 2.45. The SMILES string of the molecule is N#Cc1c(-n2c3ccccc3c3ccccc32)cc2c(oc3c(-c4cc(-c5ccccc5)nc(-c5ccccc5)n4)cccc32)c1-n1c2ccccc2c2ccccc21. The lowest BCUT2D eigenvalue weighted by Gasteiger charge is -2.16. The van der Waals surface area contributed by atoms with Crippen molar-refractivity contribution in [2.75, 3.05) is 0 Å². The van der Waals surface area contributed by atoms with Crippen LogP contribution in [0.3, 0.4) is 0 Å². The number of rotatable bonds is 5. The molecule has 6 nitrogen and oxygen atoms in total. The first-order valence-electron chi connectivity index (χ1n) is 19.6. The molecule has 0 N–H and O–H groups in total. The summed E-state index contributed by atoms with van der Waals surface area (Å²) in [6, 6.07) is 67.0. The van der Waals surface area contributed by atoms with Crippen molar-refractivity contribution in [3.8, 4) is 51.3 Å². The van der Waals surface area contributed by atoms with Gasteiger partial charge in [0.25, 0.3) is 0 Å². The van der Waals surface area contributed by atoms with E-state index in [2.05, 4.69) is 149 Å². The molecule has 4 aromatic heterocycles. The first-order chi connectivity index (χ1) is 29.2. The van der Waals surface area contributed by atoms with Gasteiger partial charge in [-0.15, -0.1) is 0 Å². The highest BCUT2D eigenvalue weighted by Gasteiger charge is 2.27. The van der Waals surface area contributed by atoms with Crippen LogP contribution in [0.1, 0.15) is 5.56 Å². The van der Waals surface area contributed by atoms with Crippen LogP contribution in [-0.4, -0.2) is 19.1 Å². The number of aromatic nitrogens is 4. The van der Waals surface area contributed by atoms with Gasteiger partial charge in [-0.25, -0.2) is 9.97 Å². The molecule has 274 valence electrons. The van der Waals surface area contributed by atoms with E-state index in [-0.39, 0.29) is 0 Å². The Kier molecular flexibility index (Phi) is 7.19. The van der Waals surface area contributed by atoms with E-state index in [4.69, 9.17) is 14.4 Å². The van der Waals surface area contributed by atoms with E-state index in [1.807, 2.05) is 54.6 Å². The monoisotopic (exact) mass is 753 g/mol. The van der Waals surface area contributed by atoms with E-state index >= 15 is 0 Å². The standard InChI is InChI=1S/C53H31N5O/c54-32-42-49(57-45-26-11-7-20-35(45)36-21-8-12-27-46(36)57)30-41-39-24-15-25-40(44-31-43(33-16-3-1-4-17-33)55-53(56-44)34-18-5-2-6-19-34)51(39)59-52(41)50(42)58-47-28-13-9-22-37(47)38-23-10-14-29-48(38)58/h1-31H. The van der Waals surface area contributed by atoms with E-state index in [0.29, 0.717) is 28.2 Å². The Hall–Kier alpha value is -8.27. The molecule has 0 bridgehead atoms. The lowest BCUT2D eigenvalue weighted by atomic mass is 10.0. The van der Waals surface area contributed by atoms with Crippen LogP contribution >= 0.6 is 0 Å². The van der Waals surface area contributed by atoms with Gasteiger partial charge in [-0.3, -0.25) is 0 Å². The summed E-state index contributed by atoms with van der Waals surface area (Å²) in [7, 11) is 0. The van der Waals surface area contributed by atoms with E-state index < -0.39 is 0 Å². The molecular weight excluding hydrogens is 723 g/mol. The number of nitrogens with zero attached hydrogens (tertiary/aromatic N) is 5.